The van der Waals surface area contributed by atoms with Crippen LogP contribution in [0.3, 0.4) is 0 Å². The van der Waals surface area contributed by atoms with E-state index in [2.05, 4.69) is 6.07 Å². The van der Waals surface area contributed by atoms with Gasteiger partial charge in [-0.1, -0.05) is 18.2 Å². The summed E-state index contributed by atoms with van der Waals surface area (Å²) < 4.78 is 5.70. The van der Waals surface area contributed by atoms with Crippen LogP contribution in [0.2, 0.25) is 0 Å². The van der Waals surface area contributed by atoms with E-state index in [1.54, 1.807) is 11.3 Å². The number of hydrogen-bond donors (Lipinski definition) is 1. The fourth-order valence-corrected chi connectivity index (χ4v) is 2.96. The summed E-state index contributed by atoms with van der Waals surface area (Å²) in [5.41, 5.74) is 2.20. The van der Waals surface area contributed by atoms with Crippen molar-refractivity contribution < 1.29 is 9.84 Å². The van der Waals surface area contributed by atoms with Crippen molar-refractivity contribution in [2.75, 3.05) is 6.61 Å². The first kappa shape index (κ1) is 10.8. The molecule has 1 aromatic carbocycles. The number of para-hydroxylation sites is 1. The van der Waals surface area contributed by atoms with Crippen molar-refractivity contribution >= 4 is 11.3 Å². The van der Waals surface area contributed by atoms with Gasteiger partial charge in [-0.2, -0.15) is 11.3 Å². The average molecular weight is 246 g/mol. The van der Waals surface area contributed by atoms with E-state index in [1.807, 2.05) is 35.0 Å². The molecule has 17 heavy (non-hydrogen) atoms. The molecule has 2 aromatic rings. The Hall–Kier alpha value is -1.32. The Morgan fingerprint density at radius 1 is 1.29 bits per heavy atom. The summed E-state index contributed by atoms with van der Waals surface area (Å²) in [6, 6.07) is 10.0. The molecule has 0 radical (unpaired) electrons. The fourth-order valence-electron chi connectivity index (χ4n) is 2.27. The lowest BCUT2D eigenvalue weighted by molar-refractivity contribution is 0.0648. The van der Waals surface area contributed by atoms with Gasteiger partial charge in [0.2, 0.25) is 0 Å². The van der Waals surface area contributed by atoms with E-state index in [0.717, 1.165) is 17.7 Å². The van der Waals surface area contributed by atoms with Gasteiger partial charge in [0.1, 0.15) is 5.75 Å². The molecule has 2 heterocycles. The number of benzene rings is 1. The smallest absolute Gasteiger partial charge is 0.122 e. The second-order valence-corrected chi connectivity index (χ2v) is 5.16. The summed E-state index contributed by atoms with van der Waals surface area (Å²) in [7, 11) is 0. The van der Waals surface area contributed by atoms with Crippen molar-refractivity contribution in [2.45, 2.75) is 12.5 Å². The molecule has 0 saturated carbocycles. The van der Waals surface area contributed by atoms with Crippen LogP contribution in [-0.4, -0.2) is 11.7 Å². The highest BCUT2D eigenvalue weighted by molar-refractivity contribution is 7.07. The lowest BCUT2D eigenvalue weighted by atomic mass is 9.89. The Morgan fingerprint density at radius 3 is 3.00 bits per heavy atom. The van der Waals surface area contributed by atoms with Gasteiger partial charge >= 0.3 is 0 Å². The summed E-state index contributed by atoms with van der Waals surface area (Å²) in [6.07, 6.45) is 0.460. The van der Waals surface area contributed by atoms with Gasteiger partial charge in [-0.3, -0.25) is 0 Å². The molecule has 0 aliphatic carbocycles. The first-order valence-electron chi connectivity index (χ1n) is 5.75. The van der Waals surface area contributed by atoms with Crippen molar-refractivity contribution in [1.29, 1.82) is 0 Å². The number of ether oxygens (including phenoxy) is 1. The lowest BCUT2D eigenvalue weighted by Crippen LogP contribution is -2.26. The van der Waals surface area contributed by atoms with Crippen molar-refractivity contribution in [3.05, 3.63) is 52.2 Å². The molecule has 0 fully saturated rings. The highest BCUT2D eigenvalue weighted by Crippen LogP contribution is 2.33. The molecule has 88 valence electrons. The Kier molecular flexibility index (Phi) is 2.87. The Morgan fingerprint density at radius 2 is 2.18 bits per heavy atom. The zero-order valence-electron chi connectivity index (χ0n) is 9.37. The van der Waals surface area contributed by atoms with Crippen LogP contribution in [-0.2, 0) is 6.42 Å². The number of rotatable bonds is 2. The number of hydrogen-bond acceptors (Lipinski definition) is 3. The van der Waals surface area contributed by atoms with Crippen LogP contribution in [0, 0.1) is 5.92 Å². The Labute approximate surface area is 104 Å². The van der Waals surface area contributed by atoms with Crippen molar-refractivity contribution in [3.63, 3.8) is 0 Å². The predicted octanol–water partition coefficient (Wildman–Crippen LogP) is 3.03. The maximum atomic E-state index is 10.3. The summed E-state index contributed by atoms with van der Waals surface area (Å²) in [6.45, 7) is 0.591. The fraction of sp³-hybridized carbons (Fsp3) is 0.286. The molecule has 0 saturated heterocycles. The third kappa shape index (κ3) is 2.08. The monoisotopic (exact) mass is 246 g/mol. The van der Waals surface area contributed by atoms with Gasteiger partial charge in [0, 0.05) is 5.92 Å². The minimum absolute atomic E-state index is 0.152. The maximum Gasteiger partial charge on any atom is 0.122 e. The van der Waals surface area contributed by atoms with E-state index in [9.17, 15) is 5.11 Å². The molecule has 1 N–H and O–H groups in total. The quantitative estimate of drug-likeness (QED) is 0.882. The second-order valence-electron chi connectivity index (χ2n) is 4.38. The molecule has 0 bridgehead atoms. The minimum atomic E-state index is -0.422. The second kappa shape index (κ2) is 4.51. The molecule has 2 nitrogen and oxygen atoms in total. The molecule has 0 spiro atoms. The van der Waals surface area contributed by atoms with Gasteiger partial charge in [-0.25, -0.2) is 0 Å². The molecule has 0 amide bonds. The van der Waals surface area contributed by atoms with E-state index in [0.29, 0.717) is 6.61 Å². The predicted molar refractivity (Wildman–Crippen MR) is 68.4 cm³/mol. The topological polar surface area (TPSA) is 29.5 Å². The third-order valence-electron chi connectivity index (χ3n) is 3.24. The largest absolute Gasteiger partial charge is 0.493 e. The van der Waals surface area contributed by atoms with Gasteiger partial charge in [-0.15, -0.1) is 0 Å². The van der Waals surface area contributed by atoms with Gasteiger partial charge in [0.15, 0.2) is 0 Å². The summed E-state index contributed by atoms with van der Waals surface area (Å²) in [5.74, 6) is 1.11. The van der Waals surface area contributed by atoms with Crippen LogP contribution in [0.5, 0.6) is 5.75 Å². The van der Waals surface area contributed by atoms with Crippen LogP contribution >= 0.6 is 11.3 Å². The van der Waals surface area contributed by atoms with E-state index in [4.69, 9.17) is 4.74 Å². The van der Waals surface area contributed by atoms with Crippen LogP contribution in [0.1, 0.15) is 17.2 Å². The molecule has 2 unspecified atom stereocenters. The van der Waals surface area contributed by atoms with E-state index < -0.39 is 6.10 Å². The zero-order valence-corrected chi connectivity index (χ0v) is 10.2. The molecular formula is C14H14O2S. The summed E-state index contributed by atoms with van der Waals surface area (Å²) in [4.78, 5) is 0. The SMILES string of the molecule is OC(c1ccsc1)C1COc2ccccc2C1. The minimum Gasteiger partial charge on any atom is -0.493 e. The average Bonchev–Trinajstić information content (AvgIpc) is 2.91. The van der Waals surface area contributed by atoms with Gasteiger partial charge in [-0.05, 0) is 40.4 Å². The summed E-state index contributed by atoms with van der Waals surface area (Å²) >= 11 is 1.62. The molecule has 3 rings (SSSR count). The highest BCUT2D eigenvalue weighted by Gasteiger charge is 2.27. The van der Waals surface area contributed by atoms with Gasteiger partial charge in [0.25, 0.3) is 0 Å². The molecule has 1 aromatic heterocycles. The third-order valence-corrected chi connectivity index (χ3v) is 3.94. The van der Waals surface area contributed by atoms with Crippen LogP contribution in [0.15, 0.2) is 41.1 Å². The van der Waals surface area contributed by atoms with Crippen LogP contribution in [0.4, 0.5) is 0 Å². The number of aliphatic hydroxyl groups is 1. The zero-order chi connectivity index (χ0) is 11.7. The van der Waals surface area contributed by atoms with E-state index in [1.165, 1.54) is 5.56 Å². The summed E-state index contributed by atoms with van der Waals surface area (Å²) in [5, 5.41) is 14.3. The molecule has 3 heteroatoms. The van der Waals surface area contributed by atoms with E-state index >= 15 is 0 Å². The molecule has 1 aliphatic heterocycles. The first-order chi connectivity index (χ1) is 8.34. The normalized spacial score (nSPS) is 20.4. The standard InChI is InChI=1S/C14H14O2S/c15-14(11-5-6-17-9-11)12-7-10-3-1-2-4-13(10)16-8-12/h1-6,9,12,14-15H,7-8H2. The van der Waals surface area contributed by atoms with Crippen LogP contribution < -0.4 is 4.74 Å². The number of aliphatic hydroxyl groups excluding tert-OH is 1. The van der Waals surface area contributed by atoms with Crippen molar-refractivity contribution in [3.8, 4) is 5.75 Å². The lowest BCUT2D eigenvalue weighted by Gasteiger charge is -2.28. The van der Waals surface area contributed by atoms with Crippen molar-refractivity contribution in [1.82, 2.24) is 0 Å². The Balaban J connectivity index is 1.80. The number of fused-ring (bicyclic) bond motifs is 1. The Bertz CT molecular complexity index is 493. The molecule has 1 aliphatic rings. The molecule has 2 atom stereocenters. The van der Waals surface area contributed by atoms with Crippen LogP contribution in [0.25, 0.3) is 0 Å². The maximum absolute atomic E-state index is 10.3. The van der Waals surface area contributed by atoms with Gasteiger partial charge in [0.05, 0.1) is 12.7 Å². The number of thiophene rings is 1. The first-order valence-corrected chi connectivity index (χ1v) is 6.70. The van der Waals surface area contributed by atoms with Crippen molar-refractivity contribution in [2.24, 2.45) is 5.92 Å². The molecular weight excluding hydrogens is 232 g/mol. The van der Waals surface area contributed by atoms with E-state index in [-0.39, 0.29) is 5.92 Å². The highest BCUT2D eigenvalue weighted by atomic mass is 32.1. The van der Waals surface area contributed by atoms with Gasteiger partial charge < -0.3 is 9.84 Å².